The molecule has 2 atom stereocenters. The van der Waals surface area contributed by atoms with Gasteiger partial charge >= 0.3 is 0 Å². The lowest BCUT2D eigenvalue weighted by atomic mass is 9.74. The van der Waals surface area contributed by atoms with Gasteiger partial charge in [0.15, 0.2) is 0 Å². The minimum absolute atomic E-state index is 0.0611. The van der Waals surface area contributed by atoms with Crippen molar-refractivity contribution >= 4 is 17.5 Å². The molecule has 2 saturated heterocycles. The van der Waals surface area contributed by atoms with Crippen molar-refractivity contribution in [3.63, 3.8) is 0 Å². The first-order valence-corrected chi connectivity index (χ1v) is 9.41. The van der Waals surface area contributed by atoms with Crippen LogP contribution in [0.25, 0.3) is 0 Å². The highest BCUT2D eigenvalue weighted by Crippen LogP contribution is 2.41. The molecule has 3 aliphatic rings. The van der Waals surface area contributed by atoms with Gasteiger partial charge in [0, 0.05) is 43.0 Å². The third-order valence-electron chi connectivity index (χ3n) is 5.16. The van der Waals surface area contributed by atoms with E-state index in [2.05, 4.69) is 5.32 Å². The lowest BCUT2D eigenvalue weighted by molar-refractivity contribution is -0.143. The number of rotatable bonds is 3. The number of ether oxygens (including phenoxy) is 1. The number of carbonyl (C=O) groups excluding carboxylic acids is 1. The second kappa shape index (κ2) is 6.80. The third kappa shape index (κ3) is 3.58. The lowest BCUT2D eigenvalue weighted by Gasteiger charge is -2.43. The fourth-order valence-electron chi connectivity index (χ4n) is 4.01. The van der Waals surface area contributed by atoms with E-state index in [1.165, 1.54) is 37.9 Å². The molecular formula is C16H27NO2S. The summed E-state index contributed by atoms with van der Waals surface area (Å²) in [4.78, 5) is 12.6. The Labute approximate surface area is 126 Å². The van der Waals surface area contributed by atoms with E-state index >= 15 is 0 Å². The molecule has 4 heteroatoms. The van der Waals surface area contributed by atoms with E-state index < -0.39 is 0 Å². The summed E-state index contributed by atoms with van der Waals surface area (Å²) in [5, 5.41) is 3.49. The van der Waals surface area contributed by atoms with Crippen LogP contribution in [0.5, 0.6) is 0 Å². The molecule has 0 aromatic carbocycles. The number of nitrogens with one attached hydrogen (secondary N) is 1. The van der Waals surface area contributed by atoms with Crippen molar-refractivity contribution in [2.45, 2.75) is 63.0 Å². The molecule has 0 amide bonds. The van der Waals surface area contributed by atoms with Crippen molar-refractivity contribution < 1.29 is 9.53 Å². The molecule has 3 rings (SSSR count). The molecule has 1 N–H and O–H groups in total. The molecule has 0 aromatic heterocycles. The molecule has 20 heavy (non-hydrogen) atoms. The van der Waals surface area contributed by atoms with Gasteiger partial charge in [-0.2, -0.15) is 11.8 Å². The molecule has 2 heterocycles. The molecule has 114 valence electrons. The molecule has 1 saturated carbocycles. The van der Waals surface area contributed by atoms with Crippen molar-refractivity contribution in [3.8, 4) is 0 Å². The van der Waals surface area contributed by atoms with Crippen LogP contribution < -0.4 is 5.32 Å². The molecule has 0 radical (unpaired) electrons. The standard InChI is InChI=1S/C16H27NO2S/c18-15(10-14-12-20-9-7-17-14)13-4-8-19-16(11-13)5-2-1-3-6-16/h13-14,17H,1-12H2. The predicted molar refractivity (Wildman–Crippen MR) is 83.2 cm³/mol. The average Bonchev–Trinajstić information content (AvgIpc) is 2.49. The number of thioether (sulfide) groups is 1. The highest BCUT2D eigenvalue weighted by atomic mass is 32.2. The van der Waals surface area contributed by atoms with Crippen LogP contribution in [0.3, 0.4) is 0 Å². The Kier molecular flexibility index (Phi) is 5.05. The van der Waals surface area contributed by atoms with Crippen LogP contribution in [-0.2, 0) is 9.53 Å². The predicted octanol–water partition coefficient (Wildman–Crippen LogP) is 2.78. The fourth-order valence-corrected chi connectivity index (χ4v) is 4.96. The van der Waals surface area contributed by atoms with Gasteiger partial charge in [-0.15, -0.1) is 0 Å². The maximum Gasteiger partial charge on any atom is 0.137 e. The highest BCUT2D eigenvalue weighted by Gasteiger charge is 2.40. The Bertz CT molecular complexity index is 330. The molecule has 2 aliphatic heterocycles. The van der Waals surface area contributed by atoms with Gasteiger partial charge in [-0.3, -0.25) is 4.79 Å². The molecule has 3 fully saturated rings. The van der Waals surface area contributed by atoms with Gasteiger partial charge in [-0.05, 0) is 25.7 Å². The number of ketones is 1. The Morgan fingerprint density at radius 3 is 2.90 bits per heavy atom. The Hall–Kier alpha value is -0.0600. The monoisotopic (exact) mass is 297 g/mol. The molecule has 1 spiro atoms. The first-order chi connectivity index (χ1) is 9.77. The fraction of sp³-hybridized carbons (Fsp3) is 0.938. The van der Waals surface area contributed by atoms with E-state index in [1.807, 2.05) is 11.8 Å². The topological polar surface area (TPSA) is 38.3 Å². The van der Waals surface area contributed by atoms with Crippen molar-refractivity contribution in [2.24, 2.45) is 5.92 Å². The van der Waals surface area contributed by atoms with Crippen LogP contribution in [0.4, 0.5) is 0 Å². The Morgan fingerprint density at radius 2 is 2.15 bits per heavy atom. The summed E-state index contributed by atoms with van der Waals surface area (Å²) in [6.07, 6.45) is 8.92. The largest absolute Gasteiger partial charge is 0.375 e. The van der Waals surface area contributed by atoms with Gasteiger partial charge in [0.1, 0.15) is 5.78 Å². The number of hydrogen-bond acceptors (Lipinski definition) is 4. The van der Waals surface area contributed by atoms with E-state index in [0.29, 0.717) is 11.8 Å². The second-order valence-corrected chi connectivity index (χ2v) is 7.83. The number of hydrogen-bond donors (Lipinski definition) is 1. The van der Waals surface area contributed by atoms with Crippen molar-refractivity contribution in [1.82, 2.24) is 5.32 Å². The van der Waals surface area contributed by atoms with Crippen LogP contribution in [0.15, 0.2) is 0 Å². The van der Waals surface area contributed by atoms with Crippen LogP contribution in [0, 0.1) is 5.92 Å². The molecule has 0 bridgehead atoms. The van der Waals surface area contributed by atoms with Crippen LogP contribution in [-0.4, -0.2) is 42.1 Å². The maximum atomic E-state index is 12.6. The van der Waals surface area contributed by atoms with E-state index in [1.54, 1.807) is 0 Å². The average molecular weight is 297 g/mol. The minimum Gasteiger partial charge on any atom is -0.375 e. The zero-order valence-electron chi connectivity index (χ0n) is 12.4. The smallest absolute Gasteiger partial charge is 0.137 e. The molecule has 0 aromatic rings. The van der Waals surface area contributed by atoms with E-state index in [9.17, 15) is 4.79 Å². The van der Waals surface area contributed by atoms with Gasteiger partial charge in [0.25, 0.3) is 0 Å². The minimum atomic E-state index is 0.0611. The van der Waals surface area contributed by atoms with Gasteiger partial charge in [-0.1, -0.05) is 19.3 Å². The SMILES string of the molecule is O=C(CC1CSCCN1)C1CCOC2(CCCCC2)C1. The van der Waals surface area contributed by atoms with E-state index in [4.69, 9.17) is 4.74 Å². The molecule has 2 unspecified atom stereocenters. The van der Waals surface area contributed by atoms with Gasteiger partial charge < -0.3 is 10.1 Å². The quantitative estimate of drug-likeness (QED) is 0.869. The summed E-state index contributed by atoms with van der Waals surface area (Å²) in [7, 11) is 0. The summed E-state index contributed by atoms with van der Waals surface area (Å²) in [5.41, 5.74) is 0.0611. The van der Waals surface area contributed by atoms with Crippen LogP contribution >= 0.6 is 11.8 Å². The summed E-state index contributed by atoms with van der Waals surface area (Å²) in [5.74, 6) is 3.03. The molecule has 3 nitrogen and oxygen atoms in total. The van der Waals surface area contributed by atoms with E-state index in [0.717, 1.165) is 38.2 Å². The third-order valence-corrected chi connectivity index (χ3v) is 6.29. The normalized spacial score (nSPS) is 34.0. The van der Waals surface area contributed by atoms with E-state index in [-0.39, 0.29) is 11.5 Å². The second-order valence-electron chi connectivity index (χ2n) is 6.68. The zero-order valence-corrected chi connectivity index (χ0v) is 13.2. The Balaban J connectivity index is 1.54. The van der Waals surface area contributed by atoms with Crippen LogP contribution in [0.1, 0.15) is 51.4 Å². The maximum absolute atomic E-state index is 12.6. The summed E-state index contributed by atoms with van der Waals surface area (Å²) >= 11 is 1.97. The molecular weight excluding hydrogens is 270 g/mol. The first-order valence-electron chi connectivity index (χ1n) is 8.25. The number of Topliss-reactive ketones (excluding diaryl/α,β-unsaturated/α-hetero) is 1. The van der Waals surface area contributed by atoms with Crippen LogP contribution in [0.2, 0.25) is 0 Å². The van der Waals surface area contributed by atoms with Gasteiger partial charge in [0.2, 0.25) is 0 Å². The number of carbonyl (C=O) groups is 1. The highest BCUT2D eigenvalue weighted by molar-refractivity contribution is 7.99. The Morgan fingerprint density at radius 1 is 1.30 bits per heavy atom. The van der Waals surface area contributed by atoms with Crippen molar-refractivity contribution in [1.29, 1.82) is 0 Å². The summed E-state index contributed by atoms with van der Waals surface area (Å²) in [6, 6.07) is 0.409. The zero-order chi connectivity index (χ0) is 13.8. The summed E-state index contributed by atoms with van der Waals surface area (Å²) in [6.45, 7) is 1.85. The van der Waals surface area contributed by atoms with Gasteiger partial charge in [-0.25, -0.2) is 0 Å². The van der Waals surface area contributed by atoms with Gasteiger partial charge in [0.05, 0.1) is 5.60 Å². The van der Waals surface area contributed by atoms with Crippen molar-refractivity contribution in [3.05, 3.63) is 0 Å². The summed E-state index contributed by atoms with van der Waals surface area (Å²) < 4.78 is 6.10. The first kappa shape index (κ1) is 14.9. The lowest BCUT2D eigenvalue weighted by Crippen LogP contribution is -2.45. The molecule has 1 aliphatic carbocycles. The van der Waals surface area contributed by atoms with Crippen molar-refractivity contribution in [2.75, 3.05) is 24.7 Å².